The number of amides is 1. The summed E-state index contributed by atoms with van der Waals surface area (Å²) in [7, 11) is 0. The lowest BCUT2D eigenvalue weighted by Gasteiger charge is -2.14. The maximum Gasteiger partial charge on any atom is 0.228 e. The number of hydrogen-bond donors (Lipinski definition) is 1. The number of nitrogens with zero attached hydrogens (tertiary/aromatic N) is 2. The van der Waals surface area contributed by atoms with E-state index in [-0.39, 0.29) is 11.8 Å². The molecule has 0 spiro atoms. The van der Waals surface area contributed by atoms with E-state index in [0.717, 1.165) is 47.0 Å². The molecule has 4 rings (SSSR count). The van der Waals surface area contributed by atoms with Crippen molar-refractivity contribution in [1.82, 2.24) is 9.97 Å². The van der Waals surface area contributed by atoms with Crippen molar-refractivity contribution in [2.24, 2.45) is 5.92 Å². The molecule has 2 fully saturated rings. The molecule has 2 aliphatic rings. The second kappa shape index (κ2) is 12.8. The normalized spacial score (nSPS) is 16.0. The predicted molar refractivity (Wildman–Crippen MR) is 150 cm³/mol. The van der Waals surface area contributed by atoms with Crippen molar-refractivity contribution in [2.75, 3.05) is 5.32 Å². The topological polar surface area (TPSA) is 54.9 Å². The van der Waals surface area contributed by atoms with Crippen molar-refractivity contribution < 1.29 is 4.79 Å². The molecule has 4 nitrogen and oxygen atoms in total. The molecule has 4 heteroatoms. The highest BCUT2D eigenvalue weighted by atomic mass is 16.2. The molecule has 35 heavy (non-hydrogen) atoms. The minimum Gasteiger partial charge on any atom is -0.310 e. The summed E-state index contributed by atoms with van der Waals surface area (Å²) in [6.45, 7) is 15.0. The molecule has 188 valence electrons. The maximum atomic E-state index is 12.2. The summed E-state index contributed by atoms with van der Waals surface area (Å²) in [5, 5.41) is 5.16. The lowest BCUT2D eigenvalue weighted by atomic mass is 9.97. The fraction of sp³-hybridized carbons (Fsp3) is 0.516. The zero-order chi connectivity index (χ0) is 25.4. The van der Waals surface area contributed by atoms with Gasteiger partial charge in [0, 0.05) is 28.8 Å². The van der Waals surface area contributed by atoms with Crippen LogP contribution in [-0.2, 0) is 4.79 Å². The van der Waals surface area contributed by atoms with Crippen molar-refractivity contribution in [2.45, 2.75) is 98.3 Å². The molecule has 0 radical (unpaired) electrons. The standard InChI is InChI=1S/C27H33N3O.C4H10/c1-5-7-8-17(3)13-18(4)22(6-2)24-14-21-16-28-25(30-27(31)20-11-12-20)15-23(21)26(29-24)19-9-10-19;1-3-4-2/h6,13-16,19-20H,3,5,7-12H2,1-2,4H3,(H,28,30,31);3-4H2,1-2H3/b18-13-,22-6+;. The van der Waals surface area contributed by atoms with Gasteiger partial charge in [0.1, 0.15) is 5.82 Å². The third-order valence-corrected chi connectivity index (χ3v) is 6.67. The molecule has 0 atom stereocenters. The zero-order valence-corrected chi connectivity index (χ0v) is 22.4. The quantitative estimate of drug-likeness (QED) is 0.351. The first-order chi connectivity index (χ1) is 16.9. The van der Waals surface area contributed by atoms with Gasteiger partial charge in [-0.1, -0.05) is 64.3 Å². The van der Waals surface area contributed by atoms with E-state index in [0.29, 0.717) is 11.7 Å². The van der Waals surface area contributed by atoms with Gasteiger partial charge in [-0.15, -0.1) is 0 Å². The Bertz CT molecular complexity index is 1100. The van der Waals surface area contributed by atoms with Crippen LogP contribution in [0.25, 0.3) is 16.3 Å². The Hall–Kier alpha value is -2.75. The van der Waals surface area contributed by atoms with E-state index in [9.17, 15) is 4.79 Å². The number of carbonyl (C=O) groups is 1. The van der Waals surface area contributed by atoms with E-state index in [4.69, 9.17) is 4.98 Å². The van der Waals surface area contributed by atoms with Crippen LogP contribution in [0.2, 0.25) is 0 Å². The zero-order valence-electron chi connectivity index (χ0n) is 22.4. The number of unbranched alkanes of at least 4 members (excludes halogenated alkanes) is 2. The van der Waals surface area contributed by atoms with Crippen LogP contribution in [0, 0.1) is 5.92 Å². The molecule has 2 saturated carbocycles. The van der Waals surface area contributed by atoms with Gasteiger partial charge in [0.05, 0.1) is 11.4 Å². The van der Waals surface area contributed by atoms with Gasteiger partial charge in [0.15, 0.2) is 0 Å². The molecule has 0 aromatic carbocycles. The summed E-state index contributed by atoms with van der Waals surface area (Å²) in [6, 6.07) is 4.13. The lowest BCUT2D eigenvalue weighted by molar-refractivity contribution is -0.117. The van der Waals surface area contributed by atoms with E-state index in [1.165, 1.54) is 49.7 Å². The highest BCUT2D eigenvalue weighted by Crippen LogP contribution is 2.43. The second-order valence-corrected chi connectivity index (χ2v) is 10.0. The Morgan fingerprint density at radius 2 is 1.83 bits per heavy atom. The molecule has 2 aromatic rings. The van der Waals surface area contributed by atoms with Crippen LogP contribution in [0.1, 0.15) is 110 Å². The Morgan fingerprint density at radius 3 is 2.40 bits per heavy atom. The largest absolute Gasteiger partial charge is 0.310 e. The van der Waals surface area contributed by atoms with Gasteiger partial charge in [-0.05, 0) is 75.7 Å². The van der Waals surface area contributed by atoms with Crippen LogP contribution < -0.4 is 5.32 Å². The molecular formula is C31H43N3O. The molecule has 1 amide bonds. The third kappa shape index (κ3) is 7.62. The molecule has 2 heterocycles. The molecule has 0 bridgehead atoms. The van der Waals surface area contributed by atoms with Crippen LogP contribution in [0.15, 0.2) is 48.2 Å². The van der Waals surface area contributed by atoms with E-state index in [2.05, 4.69) is 69.7 Å². The van der Waals surface area contributed by atoms with Crippen LogP contribution in [-0.4, -0.2) is 15.9 Å². The fourth-order valence-electron chi connectivity index (χ4n) is 4.06. The summed E-state index contributed by atoms with van der Waals surface area (Å²) in [6.07, 6.45) is 16.5. The highest BCUT2D eigenvalue weighted by Gasteiger charge is 2.31. The summed E-state index contributed by atoms with van der Waals surface area (Å²) >= 11 is 0. The Kier molecular flexibility index (Phi) is 9.83. The molecule has 1 N–H and O–H groups in total. The Labute approximate surface area is 212 Å². The van der Waals surface area contributed by atoms with Crippen LogP contribution in [0.5, 0.6) is 0 Å². The molecule has 0 saturated heterocycles. The monoisotopic (exact) mass is 473 g/mol. The fourth-order valence-corrected chi connectivity index (χ4v) is 4.06. The number of anilines is 1. The molecule has 2 aliphatic carbocycles. The number of carbonyl (C=O) groups excluding carboxylic acids is 1. The SMILES string of the molecule is C=C(/C=C(C)\C(=C/C)c1cc2cnc(NC(=O)C3CC3)cc2c(C2CC2)n1)CCCC.CCCC. The number of aromatic nitrogens is 2. The number of nitrogens with one attached hydrogen (secondary N) is 1. The van der Waals surface area contributed by atoms with Gasteiger partial charge in [0.25, 0.3) is 0 Å². The van der Waals surface area contributed by atoms with Gasteiger partial charge >= 0.3 is 0 Å². The molecule has 0 aliphatic heterocycles. The molecule has 0 unspecified atom stereocenters. The lowest BCUT2D eigenvalue weighted by Crippen LogP contribution is -2.14. The summed E-state index contributed by atoms with van der Waals surface area (Å²) < 4.78 is 0. The van der Waals surface area contributed by atoms with E-state index < -0.39 is 0 Å². The van der Waals surface area contributed by atoms with Gasteiger partial charge in [-0.25, -0.2) is 4.98 Å². The number of fused-ring (bicyclic) bond motifs is 1. The van der Waals surface area contributed by atoms with Crippen molar-refractivity contribution in [3.8, 4) is 0 Å². The summed E-state index contributed by atoms with van der Waals surface area (Å²) in [4.78, 5) is 21.8. The maximum absolute atomic E-state index is 12.2. The first-order valence-corrected chi connectivity index (χ1v) is 13.6. The van der Waals surface area contributed by atoms with Gasteiger partial charge in [-0.2, -0.15) is 0 Å². The first kappa shape index (κ1) is 26.8. The Balaban J connectivity index is 0.000000795. The van der Waals surface area contributed by atoms with Crippen LogP contribution in [0.3, 0.4) is 0 Å². The van der Waals surface area contributed by atoms with Crippen molar-refractivity contribution in [1.29, 1.82) is 0 Å². The van der Waals surface area contributed by atoms with E-state index in [1.807, 2.05) is 12.3 Å². The van der Waals surface area contributed by atoms with Crippen molar-refractivity contribution in [3.05, 3.63) is 59.6 Å². The minimum absolute atomic E-state index is 0.0877. The number of allylic oxidation sites excluding steroid dienone is 5. The number of pyridine rings is 2. The average molecular weight is 474 g/mol. The Morgan fingerprint density at radius 1 is 1.11 bits per heavy atom. The average Bonchev–Trinajstić information content (AvgIpc) is 3.76. The van der Waals surface area contributed by atoms with E-state index in [1.54, 1.807) is 0 Å². The van der Waals surface area contributed by atoms with Gasteiger partial charge in [-0.3, -0.25) is 9.78 Å². The van der Waals surface area contributed by atoms with Crippen LogP contribution in [0.4, 0.5) is 5.82 Å². The molecular weight excluding hydrogens is 430 g/mol. The van der Waals surface area contributed by atoms with Crippen molar-refractivity contribution >= 4 is 28.1 Å². The summed E-state index contributed by atoms with van der Waals surface area (Å²) in [5.41, 5.74) is 5.63. The second-order valence-electron chi connectivity index (χ2n) is 10.0. The minimum atomic E-state index is 0.0877. The van der Waals surface area contributed by atoms with E-state index >= 15 is 0 Å². The molecule has 2 aromatic heterocycles. The predicted octanol–water partition coefficient (Wildman–Crippen LogP) is 8.76. The highest BCUT2D eigenvalue weighted by molar-refractivity contribution is 5.96. The van der Waals surface area contributed by atoms with Gasteiger partial charge < -0.3 is 5.32 Å². The number of hydrogen-bond acceptors (Lipinski definition) is 3. The van der Waals surface area contributed by atoms with Crippen LogP contribution >= 0.6 is 0 Å². The number of rotatable bonds is 10. The van der Waals surface area contributed by atoms with Crippen molar-refractivity contribution in [3.63, 3.8) is 0 Å². The summed E-state index contributed by atoms with van der Waals surface area (Å²) in [5.74, 6) is 1.39. The smallest absolute Gasteiger partial charge is 0.228 e. The first-order valence-electron chi connectivity index (χ1n) is 13.6. The third-order valence-electron chi connectivity index (χ3n) is 6.67. The van der Waals surface area contributed by atoms with Gasteiger partial charge in [0.2, 0.25) is 5.91 Å².